The van der Waals surface area contributed by atoms with Crippen LogP contribution in [0, 0.1) is 11.8 Å². The van der Waals surface area contributed by atoms with Crippen molar-refractivity contribution < 1.29 is 4.79 Å². The molecule has 2 unspecified atom stereocenters. The normalized spacial score (nSPS) is 26.5. The summed E-state index contributed by atoms with van der Waals surface area (Å²) in [5.74, 6) is 2.38. The number of pyridine rings is 1. The number of carbonyl (C=O) groups excluding carboxylic acids is 1. The van der Waals surface area contributed by atoms with Gasteiger partial charge in [0.25, 0.3) is 5.91 Å². The molecule has 0 spiro atoms. The van der Waals surface area contributed by atoms with E-state index >= 15 is 0 Å². The number of rotatable bonds is 2. The fourth-order valence-electron chi connectivity index (χ4n) is 4.92. The van der Waals surface area contributed by atoms with Crippen molar-refractivity contribution in [3.8, 4) is 0 Å². The number of amides is 1. The van der Waals surface area contributed by atoms with E-state index in [1.54, 1.807) is 0 Å². The fraction of sp³-hybridized carbons (Fsp3) is 0.545. The summed E-state index contributed by atoms with van der Waals surface area (Å²) in [5.41, 5.74) is 2.97. The Morgan fingerprint density at radius 3 is 2.64 bits per heavy atom. The molecule has 1 aromatic heterocycles. The Hall–Kier alpha value is -1.90. The number of hydrogen-bond donors (Lipinski definition) is 0. The van der Waals surface area contributed by atoms with Crippen LogP contribution in [0.15, 0.2) is 30.3 Å². The van der Waals surface area contributed by atoms with E-state index in [9.17, 15) is 4.79 Å². The summed E-state index contributed by atoms with van der Waals surface area (Å²) in [7, 11) is 0. The summed E-state index contributed by atoms with van der Waals surface area (Å²) < 4.78 is 0. The molecule has 3 nitrogen and oxygen atoms in total. The Bertz CT molecular complexity index is 811. The largest absolute Gasteiger partial charge is 0.338 e. The first-order valence-electron chi connectivity index (χ1n) is 9.98. The molecule has 2 atom stereocenters. The van der Waals surface area contributed by atoms with Gasteiger partial charge in [0.15, 0.2) is 0 Å². The Labute approximate surface area is 149 Å². The number of nitrogens with zero attached hydrogens (tertiary/aromatic N) is 2. The molecule has 2 aliphatic carbocycles. The predicted molar refractivity (Wildman–Crippen MR) is 99.7 cm³/mol. The maximum absolute atomic E-state index is 13.4. The summed E-state index contributed by atoms with van der Waals surface area (Å²) >= 11 is 0. The molecule has 3 aliphatic rings. The Morgan fingerprint density at radius 2 is 1.80 bits per heavy atom. The first-order chi connectivity index (χ1) is 12.3. The third-order valence-corrected chi connectivity index (χ3v) is 6.54. The van der Waals surface area contributed by atoms with Gasteiger partial charge in [-0.1, -0.05) is 37.5 Å². The molecule has 5 rings (SSSR count). The quantitative estimate of drug-likeness (QED) is 0.793. The van der Waals surface area contributed by atoms with E-state index in [2.05, 4.69) is 17.0 Å². The summed E-state index contributed by atoms with van der Waals surface area (Å²) in [4.78, 5) is 20.3. The van der Waals surface area contributed by atoms with Gasteiger partial charge in [-0.05, 0) is 49.7 Å². The summed E-state index contributed by atoms with van der Waals surface area (Å²) in [5, 5.41) is 1.02. The number of likely N-dealkylation sites (tertiary alicyclic amines) is 1. The number of para-hydroxylation sites is 1. The predicted octanol–water partition coefficient (Wildman–Crippen LogP) is 4.76. The molecular weight excluding hydrogens is 308 g/mol. The number of benzene rings is 1. The summed E-state index contributed by atoms with van der Waals surface area (Å²) in [6.45, 7) is 1.88. The highest BCUT2D eigenvalue weighted by Gasteiger charge is 2.34. The second-order valence-electron chi connectivity index (χ2n) is 8.23. The van der Waals surface area contributed by atoms with Crippen molar-refractivity contribution in [2.45, 2.75) is 50.9 Å². The Morgan fingerprint density at radius 1 is 1.00 bits per heavy atom. The monoisotopic (exact) mass is 334 g/mol. The van der Waals surface area contributed by atoms with Gasteiger partial charge in [0.2, 0.25) is 0 Å². The number of hydrogen-bond acceptors (Lipinski definition) is 2. The van der Waals surface area contributed by atoms with Crippen molar-refractivity contribution in [3.05, 3.63) is 41.6 Å². The lowest BCUT2D eigenvalue weighted by molar-refractivity contribution is 0.0522. The Balaban J connectivity index is 1.48. The van der Waals surface area contributed by atoms with Gasteiger partial charge in [0, 0.05) is 30.1 Å². The lowest BCUT2D eigenvalue weighted by Crippen LogP contribution is -2.44. The zero-order valence-corrected chi connectivity index (χ0v) is 14.8. The van der Waals surface area contributed by atoms with Crippen LogP contribution in [0.3, 0.4) is 0 Å². The van der Waals surface area contributed by atoms with Crippen molar-refractivity contribution in [1.29, 1.82) is 0 Å². The van der Waals surface area contributed by atoms with E-state index < -0.39 is 0 Å². The van der Waals surface area contributed by atoms with Gasteiger partial charge in [0.05, 0.1) is 11.1 Å². The maximum Gasteiger partial charge on any atom is 0.254 e. The van der Waals surface area contributed by atoms with Crippen molar-refractivity contribution in [1.82, 2.24) is 9.88 Å². The molecule has 3 heteroatoms. The molecule has 2 saturated carbocycles. The van der Waals surface area contributed by atoms with Gasteiger partial charge in [-0.2, -0.15) is 0 Å². The van der Waals surface area contributed by atoms with E-state index in [0.717, 1.165) is 47.1 Å². The van der Waals surface area contributed by atoms with E-state index in [1.807, 2.05) is 18.2 Å². The molecular formula is C22H26N2O. The molecule has 0 radical (unpaired) electrons. The van der Waals surface area contributed by atoms with Crippen LogP contribution < -0.4 is 0 Å². The van der Waals surface area contributed by atoms with Gasteiger partial charge < -0.3 is 4.90 Å². The van der Waals surface area contributed by atoms with E-state index in [0.29, 0.717) is 5.92 Å². The lowest BCUT2D eigenvalue weighted by atomic mass is 9.75. The minimum absolute atomic E-state index is 0.226. The van der Waals surface area contributed by atoms with Crippen LogP contribution >= 0.6 is 0 Å². The van der Waals surface area contributed by atoms with Crippen LogP contribution in [0.25, 0.3) is 10.9 Å². The van der Waals surface area contributed by atoms with Crippen molar-refractivity contribution in [2.75, 3.05) is 13.1 Å². The van der Waals surface area contributed by atoms with Crippen molar-refractivity contribution in [2.24, 2.45) is 11.8 Å². The van der Waals surface area contributed by atoms with E-state index in [1.165, 1.54) is 44.9 Å². The third kappa shape index (κ3) is 2.84. The lowest BCUT2D eigenvalue weighted by Gasteiger charge is -2.41. The van der Waals surface area contributed by atoms with Crippen LogP contribution in [-0.4, -0.2) is 28.9 Å². The molecule has 1 aromatic carbocycles. The van der Waals surface area contributed by atoms with Gasteiger partial charge in [-0.3, -0.25) is 9.78 Å². The molecule has 1 amide bonds. The molecule has 1 saturated heterocycles. The zero-order valence-electron chi connectivity index (χ0n) is 14.8. The van der Waals surface area contributed by atoms with Crippen LogP contribution in [0.1, 0.15) is 66.9 Å². The van der Waals surface area contributed by atoms with Gasteiger partial charge in [-0.15, -0.1) is 0 Å². The first-order valence-corrected chi connectivity index (χ1v) is 9.98. The fourth-order valence-corrected chi connectivity index (χ4v) is 4.92. The molecule has 130 valence electrons. The molecule has 0 N–H and O–H groups in total. The zero-order chi connectivity index (χ0) is 16.8. The molecule has 3 fully saturated rings. The third-order valence-electron chi connectivity index (χ3n) is 6.54. The SMILES string of the molecule is O=C(c1cc(C2CC2)nc2ccccc12)N1CCC2CCCCC2C1. The first kappa shape index (κ1) is 15.4. The number of piperidine rings is 1. The minimum atomic E-state index is 0.226. The smallest absolute Gasteiger partial charge is 0.254 e. The average Bonchev–Trinajstić information content (AvgIpc) is 3.51. The van der Waals surface area contributed by atoms with Crippen LogP contribution in [0.5, 0.6) is 0 Å². The standard InChI is InChI=1S/C22H26N2O/c25-22(24-12-11-15-5-1-2-6-17(15)14-24)19-13-21(16-9-10-16)23-20-8-4-3-7-18(19)20/h3-4,7-8,13,15-17H,1-2,5-6,9-12,14H2. The molecule has 0 bridgehead atoms. The maximum atomic E-state index is 13.4. The minimum Gasteiger partial charge on any atom is -0.338 e. The van der Waals surface area contributed by atoms with Crippen LogP contribution in [0.4, 0.5) is 0 Å². The highest BCUT2D eigenvalue weighted by atomic mass is 16.2. The van der Waals surface area contributed by atoms with Gasteiger partial charge in [0.1, 0.15) is 0 Å². The topological polar surface area (TPSA) is 33.2 Å². The summed E-state index contributed by atoms with van der Waals surface area (Å²) in [6.07, 6.45) is 9.02. The number of fused-ring (bicyclic) bond motifs is 2. The molecule has 2 heterocycles. The van der Waals surface area contributed by atoms with Gasteiger partial charge >= 0.3 is 0 Å². The van der Waals surface area contributed by atoms with E-state index in [-0.39, 0.29) is 5.91 Å². The Kier molecular flexibility index (Phi) is 3.76. The van der Waals surface area contributed by atoms with Crippen molar-refractivity contribution in [3.63, 3.8) is 0 Å². The van der Waals surface area contributed by atoms with Crippen LogP contribution in [0.2, 0.25) is 0 Å². The molecule has 25 heavy (non-hydrogen) atoms. The second kappa shape index (κ2) is 6.12. The average molecular weight is 334 g/mol. The molecule has 2 aromatic rings. The highest BCUT2D eigenvalue weighted by molar-refractivity contribution is 6.06. The number of aromatic nitrogens is 1. The second-order valence-corrected chi connectivity index (χ2v) is 8.23. The number of carbonyl (C=O) groups is 1. The summed E-state index contributed by atoms with van der Waals surface area (Å²) in [6, 6.07) is 10.2. The van der Waals surface area contributed by atoms with Crippen LogP contribution in [-0.2, 0) is 0 Å². The van der Waals surface area contributed by atoms with E-state index in [4.69, 9.17) is 4.98 Å². The van der Waals surface area contributed by atoms with Gasteiger partial charge in [-0.25, -0.2) is 0 Å². The van der Waals surface area contributed by atoms with Crippen molar-refractivity contribution >= 4 is 16.8 Å². The highest BCUT2D eigenvalue weighted by Crippen LogP contribution is 2.41. The molecule has 1 aliphatic heterocycles.